The van der Waals surface area contributed by atoms with Crippen molar-refractivity contribution in [2.45, 2.75) is 31.9 Å². The van der Waals surface area contributed by atoms with E-state index in [4.69, 9.17) is 27.1 Å². The van der Waals surface area contributed by atoms with Gasteiger partial charge in [0.25, 0.3) is 5.56 Å². The number of nitrogens with zero attached hydrogens (tertiary/aromatic N) is 5. The van der Waals surface area contributed by atoms with Crippen molar-refractivity contribution in [1.82, 2.24) is 24.7 Å². The van der Waals surface area contributed by atoms with Gasteiger partial charge in [-0.1, -0.05) is 11.6 Å². The molecule has 32 heavy (non-hydrogen) atoms. The number of hydrogen-bond acceptors (Lipinski definition) is 8. The fraction of sp³-hybridized carbons (Fsp3) is 0.524. The van der Waals surface area contributed by atoms with E-state index in [-0.39, 0.29) is 23.1 Å². The van der Waals surface area contributed by atoms with Crippen molar-refractivity contribution in [3.05, 3.63) is 27.6 Å². The highest BCUT2D eigenvalue weighted by atomic mass is 35.5. The third kappa shape index (κ3) is 3.08. The summed E-state index contributed by atoms with van der Waals surface area (Å²) in [4.78, 5) is 24.5. The SMILES string of the molecule is CNc1nccc(-c2n[nH]c3nc(N4CCC5(CC4)CO[C@@H](C)[C@H]5N)n(C)c(=O)c23)c1Cl. The normalized spacial score (nSPS) is 22.7. The highest BCUT2D eigenvalue weighted by molar-refractivity contribution is 6.35. The molecule has 0 aliphatic carbocycles. The smallest absolute Gasteiger partial charge is 0.266 e. The number of pyridine rings is 1. The summed E-state index contributed by atoms with van der Waals surface area (Å²) < 4.78 is 7.41. The first kappa shape index (κ1) is 21.2. The predicted molar refractivity (Wildman–Crippen MR) is 124 cm³/mol. The molecule has 170 valence electrons. The maximum atomic E-state index is 13.4. The lowest BCUT2D eigenvalue weighted by atomic mass is 9.73. The van der Waals surface area contributed by atoms with Gasteiger partial charge in [0.2, 0.25) is 5.95 Å². The topological polar surface area (TPSA) is 127 Å². The van der Waals surface area contributed by atoms with Gasteiger partial charge in [-0.3, -0.25) is 14.5 Å². The highest BCUT2D eigenvalue weighted by Crippen LogP contribution is 2.42. The minimum atomic E-state index is -0.178. The van der Waals surface area contributed by atoms with Gasteiger partial charge in [-0.15, -0.1) is 0 Å². The molecule has 5 heterocycles. The average Bonchev–Trinajstić information content (AvgIpc) is 3.34. The van der Waals surface area contributed by atoms with Crippen LogP contribution < -0.4 is 21.5 Å². The van der Waals surface area contributed by atoms with E-state index in [1.165, 1.54) is 0 Å². The molecule has 2 atom stereocenters. The van der Waals surface area contributed by atoms with Crippen LogP contribution in [0.25, 0.3) is 22.3 Å². The molecule has 0 radical (unpaired) electrons. The number of aromatic amines is 1. The predicted octanol–water partition coefficient (Wildman–Crippen LogP) is 1.75. The van der Waals surface area contributed by atoms with Crippen LogP contribution in [0.1, 0.15) is 19.8 Å². The molecule has 0 saturated carbocycles. The number of nitrogens with two attached hydrogens (primary N) is 1. The van der Waals surface area contributed by atoms with E-state index in [2.05, 4.69) is 25.4 Å². The molecule has 2 aliphatic heterocycles. The van der Waals surface area contributed by atoms with Crippen LogP contribution in [-0.4, -0.2) is 63.6 Å². The zero-order valence-corrected chi connectivity index (χ0v) is 19.1. The lowest BCUT2D eigenvalue weighted by Gasteiger charge is -2.41. The third-order valence-corrected chi connectivity index (χ3v) is 7.43. The van der Waals surface area contributed by atoms with Crippen LogP contribution in [0.2, 0.25) is 5.02 Å². The first-order valence-corrected chi connectivity index (χ1v) is 11.1. The minimum Gasteiger partial charge on any atom is -0.376 e. The van der Waals surface area contributed by atoms with E-state index in [0.29, 0.717) is 45.7 Å². The average molecular weight is 459 g/mol. The first-order valence-electron chi connectivity index (χ1n) is 10.8. The summed E-state index contributed by atoms with van der Waals surface area (Å²) in [6.45, 7) is 4.26. The first-order chi connectivity index (χ1) is 15.4. The van der Waals surface area contributed by atoms with Crippen molar-refractivity contribution in [2.24, 2.45) is 18.2 Å². The van der Waals surface area contributed by atoms with Crippen LogP contribution in [0, 0.1) is 5.41 Å². The number of nitrogens with one attached hydrogen (secondary N) is 2. The molecule has 5 rings (SSSR count). The number of rotatable bonds is 3. The number of ether oxygens (including phenoxy) is 1. The van der Waals surface area contributed by atoms with Crippen LogP contribution in [0.5, 0.6) is 0 Å². The van der Waals surface area contributed by atoms with Crippen LogP contribution in [0.15, 0.2) is 17.1 Å². The van der Waals surface area contributed by atoms with Crippen molar-refractivity contribution >= 4 is 34.4 Å². The van der Waals surface area contributed by atoms with E-state index < -0.39 is 0 Å². The summed E-state index contributed by atoms with van der Waals surface area (Å²) >= 11 is 6.49. The van der Waals surface area contributed by atoms with E-state index in [1.54, 1.807) is 30.9 Å². The molecule has 3 aromatic heterocycles. The Labute approximate surface area is 190 Å². The fourth-order valence-electron chi connectivity index (χ4n) is 4.95. The maximum absolute atomic E-state index is 13.4. The summed E-state index contributed by atoms with van der Waals surface area (Å²) in [6.07, 6.45) is 3.51. The van der Waals surface area contributed by atoms with E-state index in [9.17, 15) is 4.79 Å². The van der Waals surface area contributed by atoms with Crippen LogP contribution >= 0.6 is 11.6 Å². The van der Waals surface area contributed by atoms with Crippen molar-refractivity contribution in [2.75, 3.05) is 37.0 Å². The number of aromatic nitrogens is 5. The second kappa shape index (κ2) is 7.72. The lowest BCUT2D eigenvalue weighted by Crippen LogP contribution is -2.51. The Kier molecular flexibility index (Phi) is 5.11. The molecule has 10 nitrogen and oxygen atoms in total. The number of fused-ring (bicyclic) bond motifs is 1. The maximum Gasteiger partial charge on any atom is 0.266 e. The molecule has 0 unspecified atom stereocenters. The Morgan fingerprint density at radius 1 is 1.38 bits per heavy atom. The zero-order valence-electron chi connectivity index (χ0n) is 18.4. The number of halogens is 1. The summed E-state index contributed by atoms with van der Waals surface area (Å²) in [5, 5.41) is 11.0. The molecule has 3 aromatic rings. The second-order valence-electron chi connectivity index (χ2n) is 8.73. The van der Waals surface area contributed by atoms with Gasteiger partial charge in [-0.2, -0.15) is 10.1 Å². The Morgan fingerprint density at radius 2 is 2.12 bits per heavy atom. The number of piperidine rings is 1. The third-order valence-electron chi connectivity index (χ3n) is 7.05. The largest absolute Gasteiger partial charge is 0.376 e. The van der Waals surface area contributed by atoms with Gasteiger partial charge >= 0.3 is 0 Å². The molecular weight excluding hydrogens is 432 g/mol. The Hall–Kier alpha value is -2.69. The molecule has 0 amide bonds. The molecular formula is C21H27ClN8O2. The number of anilines is 2. The molecule has 0 aromatic carbocycles. The lowest BCUT2D eigenvalue weighted by molar-refractivity contribution is 0.0973. The molecule has 2 saturated heterocycles. The van der Waals surface area contributed by atoms with Crippen LogP contribution in [-0.2, 0) is 11.8 Å². The van der Waals surface area contributed by atoms with Gasteiger partial charge in [0.05, 0.1) is 17.7 Å². The Bertz CT molecular complexity index is 1230. The van der Waals surface area contributed by atoms with Gasteiger partial charge < -0.3 is 20.7 Å². The van der Waals surface area contributed by atoms with E-state index >= 15 is 0 Å². The molecule has 2 fully saturated rings. The highest BCUT2D eigenvalue weighted by Gasteiger charge is 2.47. The Morgan fingerprint density at radius 3 is 2.78 bits per heavy atom. The monoisotopic (exact) mass is 458 g/mol. The Balaban J connectivity index is 1.50. The van der Waals surface area contributed by atoms with Crippen LogP contribution in [0.4, 0.5) is 11.8 Å². The van der Waals surface area contributed by atoms with Crippen molar-refractivity contribution < 1.29 is 4.74 Å². The van der Waals surface area contributed by atoms with Gasteiger partial charge in [0.1, 0.15) is 16.9 Å². The number of H-pyrrole nitrogens is 1. The summed E-state index contributed by atoms with van der Waals surface area (Å²) in [5.41, 5.74) is 7.79. The molecule has 1 spiro atoms. The second-order valence-corrected chi connectivity index (χ2v) is 9.11. The summed E-state index contributed by atoms with van der Waals surface area (Å²) in [5.74, 6) is 1.14. The van der Waals surface area contributed by atoms with Gasteiger partial charge in [-0.05, 0) is 25.8 Å². The van der Waals surface area contributed by atoms with Gasteiger partial charge in [0.15, 0.2) is 5.65 Å². The van der Waals surface area contributed by atoms with E-state index in [0.717, 1.165) is 25.9 Å². The number of hydrogen-bond donors (Lipinski definition) is 3. The molecule has 4 N–H and O–H groups in total. The van der Waals surface area contributed by atoms with Crippen molar-refractivity contribution in [1.29, 1.82) is 0 Å². The van der Waals surface area contributed by atoms with Gasteiger partial charge in [0, 0.05) is 50.4 Å². The molecule has 2 aliphatic rings. The van der Waals surface area contributed by atoms with Crippen molar-refractivity contribution in [3.63, 3.8) is 0 Å². The summed E-state index contributed by atoms with van der Waals surface area (Å²) in [6, 6.07) is 1.77. The summed E-state index contributed by atoms with van der Waals surface area (Å²) in [7, 11) is 3.48. The zero-order chi connectivity index (χ0) is 22.6. The molecule has 11 heteroatoms. The van der Waals surface area contributed by atoms with E-state index in [1.807, 2.05) is 6.92 Å². The minimum absolute atomic E-state index is 0.00313. The molecule has 0 bridgehead atoms. The standard InChI is InChI=1S/C21H27ClN8O2/c1-11-16(23)21(10-32-11)5-8-30(9-6-21)20-26-17-13(19(31)29(20)3)15(27-28-17)12-4-7-25-18(24-2)14(12)22/h4,7,11,16H,5-6,8-10,23H2,1-3H3,(H,24,25)(H,27,28)/t11-,16+/m0/s1. The van der Waals surface area contributed by atoms with Gasteiger partial charge in [-0.25, -0.2) is 4.98 Å². The van der Waals surface area contributed by atoms with Crippen LogP contribution in [0.3, 0.4) is 0 Å². The fourth-order valence-corrected chi connectivity index (χ4v) is 5.25. The quantitative estimate of drug-likeness (QED) is 0.541. The van der Waals surface area contributed by atoms with Crippen molar-refractivity contribution in [3.8, 4) is 11.3 Å².